The third kappa shape index (κ3) is 3.73. The Morgan fingerprint density at radius 2 is 2.09 bits per heavy atom. The van der Waals surface area contributed by atoms with Crippen LogP contribution in [-0.4, -0.2) is 35.0 Å². The van der Waals surface area contributed by atoms with E-state index < -0.39 is 22.5 Å². The number of nitrogens with zero attached hydrogens (tertiary/aromatic N) is 4. The van der Waals surface area contributed by atoms with Crippen LogP contribution in [0.2, 0.25) is 0 Å². The van der Waals surface area contributed by atoms with Gasteiger partial charge in [-0.2, -0.15) is 9.19 Å². The van der Waals surface area contributed by atoms with Crippen molar-refractivity contribution in [2.75, 3.05) is 12.5 Å². The van der Waals surface area contributed by atoms with E-state index in [1.54, 1.807) is 0 Å². The molecule has 0 bridgehead atoms. The van der Waals surface area contributed by atoms with Crippen LogP contribution in [0.3, 0.4) is 0 Å². The molecule has 2 aromatic heterocycles. The minimum absolute atomic E-state index is 0.0949. The molecule has 0 spiro atoms. The Hall–Kier alpha value is -1.45. The van der Waals surface area contributed by atoms with Gasteiger partial charge in [-0.25, -0.2) is 9.00 Å². The molecule has 2 rings (SSSR count). The number of hydrogen-bond acceptors (Lipinski definition) is 5. The number of halogens is 1. The lowest BCUT2D eigenvalue weighted by atomic mass is 10.3. The Labute approximate surface area is 140 Å². The third-order valence-electron chi connectivity index (χ3n) is 3.34. The van der Waals surface area contributed by atoms with Crippen LogP contribution in [0.15, 0.2) is 15.8 Å². The van der Waals surface area contributed by atoms with Crippen molar-refractivity contribution in [3.05, 3.63) is 27.0 Å². The Balaban J connectivity index is 2.48. The van der Waals surface area contributed by atoms with Gasteiger partial charge < -0.3 is 0 Å². The van der Waals surface area contributed by atoms with Crippen LogP contribution < -0.4 is 11.2 Å². The van der Waals surface area contributed by atoms with Crippen molar-refractivity contribution in [2.45, 2.75) is 32.7 Å². The van der Waals surface area contributed by atoms with Crippen molar-refractivity contribution in [3.63, 3.8) is 0 Å². The highest BCUT2D eigenvalue weighted by Crippen LogP contribution is 2.09. The molecule has 1 atom stereocenters. The number of unbranched alkanes of at least 4 members (excludes halogenated alkanes) is 1. The average Bonchev–Trinajstić information content (AvgIpc) is 2.98. The fourth-order valence-electron chi connectivity index (χ4n) is 2.07. The number of hydrogen-bond donors (Lipinski definition) is 0. The second-order valence-electron chi connectivity index (χ2n) is 5.00. The van der Waals surface area contributed by atoms with E-state index in [1.165, 1.54) is 17.8 Å². The van der Waals surface area contributed by atoms with Crippen molar-refractivity contribution >= 4 is 33.9 Å². The first-order valence-corrected chi connectivity index (χ1v) is 8.88. The maximum atomic E-state index is 12.3. The molecule has 0 aliphatic carbocycles. The van der Waals surface area contributed by atoms with E-state index in [0.717, 1.165) is 21.5 Å². The lowest BCUT2D eigenvalue weighted by molar-refractivity contribution is 0.342. The monoisotopic (exact) mass is 362 g/mol. The van der Waals surface area contributed by atoms with Crippen molar-refractivity contribution in [2.24, 2.45) is 7.05 Å². The summed E-state index contributed by atoms with van der Waals surface area (Å²) in [7, 11) is 1.40. The van der Waals surface area contributed by atoms with Crippen LogP contribution in [0.25, 0.3) is 11.0 Å². The largest absolute Gasteiger partial charge is 0.331 e. The molecule has 8 nitrogen and oxygen atoms in total. The molecule has 0 N–H and O–H groups in total. The van der Waals surface area contributed by atoms with E-state index in [-0.39, 0.29) is 12.1 Å². The summed E-state index contributed by atoms with van der Waals surface area (Å²) < 4.78 is 20.7. The maximum absolute atomic E-state index is 12.3. The van der Waals surface area contributed by atoms with Crippen LogP contribution in [0.5, 0.6) is 0 Å². The highest BCUT2D eigenvalue weighted by atomic mass is 35.5. The van der Waals surface area contributed by atoms with Crippen LogP contribution in [0.1, 0.15) is 26.2 Å². The quantitative estimate of drug-likeness (QED) is 0.511. The molecule has 2 heterocycles. The van der Waals surface area contributed by atoms with Gasteiger partial charge in [0.1, 0.15) is 0 Å². The van der Waals surface area contributed by atoms with Gasteiger partial charge in [0.2, 0.25) is 0 Å². The first kappa shape index (κ1) is 17.9. The van der Waals surface area contributed by atoms with E-state index >= 15 is 0 Å². The molecule has 0 radical (unpaired) electrons. The average molecular weight is 363 g/mol. The van der Waals surface area contributed by atoms with Crippen molar-refractivity contribution in [1.29, 1.82) is 0 Å². The molecule has 128 valence electrons. The van der Waals surface area contributed by atoms with Gasteiger partial charge in [0.25, 0.3) is 16.8 Å². The Morgan fingerprint density at radius 1 is 1.35 bits per heavy atom. The van der Waals surface area contributed by atoms with Gasteiger partial charge in [0.05, 0.1) is 18.3 Å². The zero-order valence-corrected chi connectivity index (χ0v) is 14.6. The summed E-state index contributed by atoms with van der Waals surface area (Å²) in [4.78, 5) is 24.5. The van der Waals surface area contributed by atoms with Crippen LogP contribution in [0, 0.1) is 0 Å². The molecule has 0 aromatic carbocycles. The zero-order chi connectivity index (χ0) is 17.0. The molecule has 0 aliphatic heterocycles. The molecule has 0 amide bonds. The summed E-state index contributed by atoms with van der Waals surface area (Å²) >= 11 is 3.67. The molecule has 0 saturated carbocycles. The first-order valence-electron chi connectivity index (χ1n) is 7.32. The first-order chi connectivity index (χ1) is 11.0. The van der Waals surface area contributed by atoms with Crippen LogP contribution in [0.4, 0.5) is 0 Å². The Bertz CT molecular complexity index is 826. The summed E-state index contributed by atoms with van der Waals surface area (Å²) in [6.07, 6.45) is 3.65. The Kier molecular flexibility index (Phi) is 6.14. The Morgan fingerprint density at radius 3 is 2.74 bits per heavy atom. The highest BCUT2D eigenvalue weighted by molar-refractivity contribution is 7.78. The van der Waals surface area contributed by atoms with Gasteiger partial charge >= 0.3 is 5.69 Å². The molecule has 23 heavy (non-hydrogen) atoms. The van der Waals surface area contributed by atoms with Crippen LogP contribution in [-0.2, 0) is 29.0 Å². The van der Waals surface area contributed by atoms with Gasteiger partial charge in [-0.1, -0.05) is 13.3 Å². The smallest absolute Gasteiger partial charge is 0.290 e. The minimum atomic E-state index is -1.87. The predicted octanol–water partition coefficient (Wildman–Crippen LogP) is 0.769. The lowest BCUT2D eigenvalue weighted by Gasteiger charge is -2.07. The summed E-state index contributed by atoms with van der Waals surface area (Å²) in [5.74, 6) is 0.398. The number of alkyl halides is 1. The number of aryl methyl sites for hydroxylation is 1. The third-order valence-corrected chi connectivity index (χ3v) is 4.47. The molecular weight excluding hydrogens is 344 g/mol. The SMILES string of the molecule is CCCCn1c(=O)n(C)c(=O)c2nn(S(=O)OCCCCl)cc21. The minimum Gasteiger partial charge on any atom is -0.290 e. The van der Waals surface area contributed by atoms with Crippen molar-refractivity contribution in [1.82, 2.24) is 18.3 Å². The number of rotatable bonds is 8. The highest BCUT2D eigenvalue weighted by Gasteiger charge is 2.17. The van der Waals surface area contributed by atoms with Gasteiger partial charge in [-0.3, -0.25) is 18.1 Å². The molecule has 0 saturated heterocycles. The van der Waals surface area contributed by atoms with Crippen molar-refractivity contribution in [3.8, 4) is 0 Å². The van der Waals surface area contributed by atoms with Gasteiger partial charge in [-0.15, -0.1) is 11.6 Å². The van der Waals surface area contributed by atoms with E-state index in [4.69, 9.17) is 15.8 Å². The van der Waals surface area contributed by atoms with Crippen LogP contribution >= 0.6 is 11.6 Å². The van der Waals surface area contributed by atoms with Gasteiger partial charge in [-0.05, 0) is 12.8 Å². The normalized spacial score (nSPS) is 12.8. The van der Waals surface area contributed by atoms with E-state index in [1.807, 2.05) is 6.92 Å². The second kappa shape index (κ2) is 7.89. The van der Waals surface area contributed by atoms with E-state index in [0.29, 0.717) is 24.4 Å². The molecule has 0 fully saturated rings. The van der Waals surface area contributed by atoms with E-state index in [2.05, 4.69) is 5.10 Å². The topological polar surface area (TPSA) is 88.1 Å². The number of aromatic nitrogens is 4. The second-order valence-corrected chi connectivity index (χ2v) is 6.42. The standard InChI is InChI=1S/C13H19ClN4O4S/c1-3-4-7-17-10-9-18(23(21)22-8-5-6-14)15-11(10)12(19)16(2)13(17)20/h9H,3-8H2,1-2H3. The maximum Gasteiger partial charge on any atom is 0.331 e. The molecular formula is C13H19ClN4O4S. The molecule has 1 unspecified atom stereocenters. The molecule has 2 aromatic rings. The summed E-state index contributed by atoms with van der Waals surface area (Å²) in [5, 5.41) is 4.03. The van der Waals surface area contributed by atoms with Crippen molar-refractivity contribution < 1.29 is 8.39 Å². The van der Waals surface area contributed by atoms with Gasteiger partial charge in [0, 0.05) is 19.5 Å². The number of fused-ring (bicyclic) bond motifs is 1. The molecule has 0 aliphatic rings. The fourth-order valence-corrected chi connectivity index (χ4v) is 2.88. The summed E-state index contributed by atoms with van der Waals surface area (Å²) in [6, 6.07) is 0. The summed E-state index contributed by atoms with van der Waals surface area (Å²) in [6.45, 7) is 2.69. The molecule has 10 heteroatoms. The fraction of sp³-hybridized carbons (Fsp3) is 0.615. The summed E-state index contributed by atoms with van der Waals surface area (Å²) in [5.41, 5.74) is -0.475. The van der Waals surface area contributed by atoms with E-state index in [9.17, 15) is 13.8 Å². The zero-order valence-electron chi connectivity index (χ0n) is 13.0. The van der Waals surface area contributed by atoms with Gasteiger partial charge in [0.15, 0.2) is 5.52 Å². The lowest BCUT2D eigenvalue weighted by Crippen LogP contribution is -2.38. The predicted molar refractivity (Wildman–Crippen MR) is 89.0 cm³/mol.